The van der Waals surface area contributed by atoms with Gasteiger partial charge in [0.25, 0.3) is 0 Å². The van der Waals surface area contributed by atoms with Crippen LogP contribution >= 0.6 is 31.9 Å². The van der Waals surface area contributed by atoms with E-state index in [4.69, 9.17) is 9.47 Å². The number of ether oxygens (including phenoxy) is 2. The van der Waals surface area contributed by atoms with Crippen molar-refractivity contribution in [3.05, 3.63) is 117 Å². The number of hydrogen-bond donors (Lipinski definition) is 1. The van der Waals surface area contributed by atoms with Crippen LogP contribution in [0.3, 0.4) is 0 Å². The lowest BCUT2D eigenvalue weighted by molar-refractivity contribution is 0.300. The molecule has 4 rings (SSSR count). The number of para-hydroxylation sites is 1. The largest absolute Gasteiger partial charge is 0.487 e. The zero-order chi connectivity index (χ0) is 22.3. The zero-order valence-corrected chi connectivity index (χ0v) is 20.2. The topological polar surface area (TPSA) is 30.5 Å². The van der Waals surface area contributed by atoms with Gasteiger partial charge in [-0.25, -0.2) is 4.39 Å². The van der Waals surface area contributed by atoms with Gasteiger partial charge < -0.3 is 14.8 Å². The summed E-state index contributed by atoms with van der Waals surface area (Å²) in [5, 5.41) is 3.42. The molecule has 0 aliphatic rings. The molecular weight excluding hydrogens is 537 g/mol. The average molecular weight is 557 g/mol. The van der Waals surface area contributed by atoms with E-state index in [0.717, 1.165) is 37.3 Å². The predicted octanol–water partition coefficient (Wildman–Crippen LogP) is 8.33. The Labute approximate surface area is 203 Å². The number of benzene rings is 4. The Balaban J connectivity index is 1.43. The molecule has 0 spiro atoms. The van der Waals surface area contributed by atoms with Crippen LogP contribution in [0.5, 0.6) is 17.2 Å². The molecule has 0 aromatic heterocycles. The molecule has 0 atom stereocenters. The van der Waals surface area contributed by atoms with Crippen molar-refractivity contribution >= 4 is 37.5 Å². The van der Waals surface area contributed by atoms with Crippen molar-refractivity contribution in [2.24, 2.45) is 0 Å². The second-order valence-electron chi connectivity index (χ2n) is 7.09. The summed E-state index contributed by atoms with van der Waals surface area (Å²) in [6.45, 7) is 0.825. The van der Waals surface area contributed by atoms with Gasteiger partial charge in [0.2, 0.25) is 0 Å². The molecule has 4 aromatic rings. The molecule has 0 aliphatic carbocycles. The summed E-state index contributed by atoms with van der Waals surface area (Å²) >= 11 is 7.12. The van der Waals surface area contributed by atoms with Crippen LogP contribution in [0.25, 0.3) is 0 Å². The second-order valence-corrected chi connectivity index (χ2v) is 8.86. The van der Waals surface area contributed by atoms with E-state index >= 15 is 0 Å². The Morgan fingerprint density at radius 3 is 2.28 bits per heavy atom. The number of hydrogen-bond acceptors (Lipinski definition) is 3. The van der Waals surface area contributed by atoms with Crippen molar-refractivity contribution < 1.29 is 13.9 Å². The quantitative estimate of drug-likeness (QED) is 0.236. The molecule has 0 amide bonds. The Hall–Kier alpha value is -2.83. The van der Waals surface area contributed by atoms with Crippen molar-refractivity contribution in [3.8, 4) is 17.2 Å². The standard InChI is InChI=1S/C26H20Br2FNO2/c27-20-14-19(26(25(28)15-20)31-17-18-5-4-6-21(29)13-18)16-30-22-9-11-24(12-10-22)32-23-7-2-1-3-8-23/h1-15,30H,16-17H2. The van der Waals surface area contributed by atoms with Gasteiger partial charge in [-0.2, -0.15) is 0 Å². The molecule has 3 nitrogen and oxygen atoms in total. The lowest BCUT2D eigenvalue weighted by Crippen LogP contribution is -2.05. The highest BCUT2D eigenvalue weighted by Gasteiger charge is 2.11. The van der Waals surface area contributed by atoms with E-state index in [9.17, 15) is 4.39 Å². The van der Waals surface area contributed by atoms with Gasteiger partial charge in [0, 0.05) is 22.3 Å². The van der Waals surface area contributed by atoms with Gasteiger partial charge >= 0.3 is 0 Å². The highest BCUT2D eigenvalue weighted by atomic mass is 79.9. The molecule has 0 saturated heterocycles. The second kappa shape index (κ2) is 10.7. The highest BCUT2D eigenvalue weighted by Crippen LogP contribution is 2.34. The average Bonchev–Trinajstić information content (AvgIpc) is 2.78. The number of nitrogens with one attached hydrogen (secondary N) is 1. The third-order valence-electron chi connectivity index (χ3n) is 4.67. The smallest absolute Gasteiger partial charge is 0.139 e. The maximum atomic E-state index is 13.5. The predicted molar refractivity (Wildman–Crippen MR) is 133 cm³/mol. The van der Waals surface area contributed by atoms with Gasteiger partial charge in [0.15, 0.2) is 0 Å². The lowest BCUT2D eigenvalue weighted by Gasteiger charge is -2.16. The highest BCUT2D eigenvalue weighted by molar-refractivity contribution is 9.11. The van der Waals surface area contributed by atoms with Crippen LogP contribution in [0.2, 0.25) is 0 Å². The molecule has 0 heterocycles. The van der Waals surface area contributed by atoms with E-state index in [-0.39, 0.29) is 12.4 Å². The van der Waals surface area contributed by atoms with Crippen LogP contribution in [0.15, 0.2) is 99.9 Å². The maximum absolute atomic E-state index is 13.5. The minimum absolute atomic E-state index is 0.274. The molecule has 0 unspecified atom stereocenters. The first kappa shape index (κ1) is 22.4. The van der Waals surface area contributed by atoms with Gasteiger partial charge in [0.1, 0.15) is 29.7 Å². The van der Waals surface area contributed by atoms with E-state index in [0.29, 0.717) is 12.3 Å². The molecule has 162 valence electrons. The van der Waals surface area contributed by atoms with E-state index < -0.39 is 0 Å². The van der Waals surface area contributed by atoms with Crippen LogP contribution in [0, 0.1) is 5.82 Å². The molecule has 32 heavy (non-hydrogen) atoms. The summed E-state index contributed by atoms with van der Waals surface area (Å²) in [7, 11) is 0. The maximum Gasteiger partial charge on any atom is 0.139 e. The van der Waals surface area contributed by atoms with Crippen molar-refractivity contribution in [2.75, 3.05) is 5.32 Å². The molecule has 0 radical (unpaired) electrons. The van der Waals surface area contributed by atoms with Gasteiger partial charge in [-0.05, 0) is 82.2 Å². The Bertz CT molecular complexity index is 1180. The van der Waals surface area contributed by atoms with Gasteiger partial charge in [-0.15, -0.1) is 0 Å². The molecule has 0 saturated carbocycles. The molecule has 0 fully saturated rings. The molecule has 0 aliphatic heterocycles. The first-order valence-electron chi connectivity index (χ1n) is 9.99. The summed E-state index contributed by atoms with van der Waals surface area (Å²) in [5.74, 6) is 2.01. The van der Waals surface area contributed by atoms with E-state index in [2.05, 4.69) is 37.2 Å². The van der Waals surface area contributed by atoms with Gasteiger partial charge in [-0.1, -0.05) is 46.3 Å². The van der Waals surface area contributed by atoms with Crippen LogP contribution in [-0.2, 0) is 13.2 Å². The van der Waals surface area contributed by atoms with Crippen LogP contribution in [-0.4, -0.2) is 0 Å². The first-order valence-corrected chi connectivity index (χ1v) is 11.6. The molecule has 1 N–H and O–H groups in total. The number of halogens is 3. The van der Waals surface area contributed by atoms with E-state index in [1.807, 2.05) is 72.8 Å². The van der Waals surface area contributed by atoms with Crippen molar-refractivity contribution in [1.82, 2.24) is 0 Å². The summed E-state index contributed by atoms with van der Waals surface area (Å²) in [4.78, 5) is 0. The van der Waals surface area contributed by atoms with Crippen LogP contribution in [0.1, 0.15) is 11.1 Å². The van der Waals surface area contributed by atoms with Crippen LogP contribution in [0.4, 0.5) is 10.1 Å². The summed E-state index contributed by atoms with van der Waals surface area (Å²) in [5.41, 5.74) is 2.69. The van der Waals surface area contributed by atoms with Crippen molar-refractivity contribution in [1.29, 1.82) is 0 Å². The summed E-state index contributed by atoms with van der Waals surface area (Å²) in [6.07, 6.45) is 0. The number of rotatable bonds is 8. The van der Waals surface area contributed by atoms with Gasteiger partial charge in [0.05, 0.1) is 4.47 Å². The minimum atomic E-state index is -0.275. The van der Waals surface area contributed by atoms with Gasteiger partial charge in [-0.3, -0.25) is 0 Å². The van der Waals surface area contributed by atoms with E-state index in [1.165, 1.54) is 12.1 Å². The zero-order valence-electron chi connectivity index (χ0n) is 17.0. The Morgan fingerprint density at radius 2 is 1.53 bits per heavy atom. The third-order valence-corrected chi connectivity index (χ3v) is 5.72. The SMILES string of the molecule is Fc1cccc(COc2c(Br)cc(Br)cc2CNc2ccc(Oc3ccccc3)cc2)c1. The fourth-order valence-electron chi connectivity index (χ4n) is 3.15. The van der Waals surface area contributed by atoms with E-state index in [1.54, 1.807) is 6.07 Å². The molecule has 6 heteroatoms. The molecular formula is C26H20Br2FNO2. The summed E-state index contributed by atoms with van der Waals surface area (Å²) in [6, 6.07) is 27.8. The lowest BCUT2D eigenvalue weighted by atomic mass is 10.2. The Kier molecular flexibility index (Phi) is 7.45. The Morgan fingerprint density at radius 1 is 0.781 bits per heavy atom. The third kappa shape index (κ3) is 6.11. The summed E-state index contributed by atoms with van der Waals surface area (Å²) < 4.78 is 27.1. The normalized spacial score (nSPS) is 10.6. The minimum Gasteiger partial charge on any atom is -0.487 e. The fourth-order valence-corrected chi connectivity index (χ4v) is 4.58. The van der Waals surface area contributed by atoms with Crippen LogP contribution < -0.4 is 14.8 Å². The first-order chi connectivity index (χ1) is 15.6. The van der Waals surface area contributed by atoms with Crippen molar-refractivity contribution in [2.45, 2.75) is 13.2 Å². The molecule has 4 aromatic carbocycles. The number of anilines is 1. The molecule has 0 bridgehead atoms. The van der Waals surface area contributed by atoms with Crippen molar-refractivity contribution in [3.63, 3.8) is 0 Å². The fraction of sp³-hybridized carbons (Fsp3) is 0.0769. The monoisotopic (exact) mass is 555 g/mol.